The Morgan fingerprint density at radius 1 is 1.05 bits per heavy atom. The first kappa shape index (κ1) is 28.7. The van der Waals surface area contributed by atoms with E-state index in [2.05, 4.69) is 52.6 Å². The SMILES string of the molecule is CC(C)(C)N1CCN(CCOc2ccc(-c3cc(C(N)=O)c4[nH]c5cc(N6CCOCC6)ccc5c4n3)cc2Cl)CC1. The Balaban J connectivity index is 1.20. The van der Waals surface area contributed by atoms with Gasteiger partial charge < -0.3 is 25.1 Å². The van der Waals surface area contributed by atoms with Crippen molar-refractivity contribution in [2.45, 2.75) is 26.3 Å². The molecule has 2 saturated heterocycles. The minimum Gasteiger partial charge on any atom is -0.491 e. The number of piperazine rings is 1. The number of aromatic nitrogens is 2. The number of nitrogens with two attached hydrogens (primary N) is 1. The molecule has 4 heterocycles. The summed E-state index contributed by atoms with van der Waals surface area (Å²) in [6.45, 7) is 15.5. The highest BCUT2D eigenvalue weighted by molar-refractivity contribution is 6.32. The average Bonchev–Trinajstić information content (AvgIpc) is 3.35. The number of rotatable bonds is 7. The zero-order chi connectivity index (χ0) is 29.4. The minimum atomic E-state index is -0.516. The largest absolute Gasteiger partial charge is 0.491 e. The van der Waals surface area contributed by atoms with Gasteiger partial charge in [0.05, 0.1) is 46.0 Å². The molecule has 222 valence electrons. The number of fused-ring (bicyclic) bond motifs is 3. The molecule has 2 aromatic carbocycles. The van der Waals surface area contributed by atoms with Crippen LogP contribution in [-0.4, -0.2) is 96.8 Å². The number of halogens is 1. The highest BCUT2D eigenvalue weighted by Crippen LogP contribution is 2.35. The number of H-pyrrole nitrogens is 1. The smallest absolute Gasteiger partial charge is 0.250 e. The molecule has 0 spiro atoms. The summed E-state index contributed by atoms with van der Waals surface area (Å²) in [6, 6.07) is 13.6. The Bertz CT molecular complexity index is 1600. The zero-order valence-corrected chi connectivity index (χ0v) is 25.3. The molecule has 10 heteroatoms. The first-order valence-corrected chi connectivity index (χ1v) is 15.0. The zero-order valence-electron chi connectivity index (χ0n) is 24.6. The summed E-state index contributed by atoms with van der Waals surface area (Å²) in [5.74, 6) is 0.116. The Hall–Kier alpha value is -3.37. The molecule has 2 aliphatic heterocycles. The third-order valence-corrected chi connectivity index (χ3v) is 8.69. The lowest BCUT2D eigenvalue weighted by Crippen LogP contribution is -2.53. The Labute approximate surface area is 251 Å². The molecule has 0 unspecified atom stereocenters. The van der Waals surface area contributed by atoms with Crippen molar-refractivity contribution in [1.82, 2.24) is 19.8 Å². The van der Waals surface area contributed by atoms with E-state index in [0.717, 1.165) is 68.0 Å². The minimum absolute atomic E-state index is 0.205. The van der Waals surface area contributed by atoms with E-state index < -0.39 is 5.91 Å². The van der Waals surface area contributed by atoms with Crippen LogP contribution in [-0.2, 0) is 4.74 Å². The van der Waals surface area contributed by atoms with Crippen LogP contribution in [0, 0.1) is 0 Å². The summed E-state index contributed by atoms with van der Waals surface area (Å²) in [6.07, 6.45) is 0. The van der Waals surface area contributed by atoms with Crippen LogP contribution in [0.25, 0.3) is 33.2 Å². The van der Waals surface area contributed by atoms with Gasteiger partial charge in [0.15, 0.2) is 0 Å². The van der Waals surface area contributed by atoms with Crippen LogP contribution in [0.15, 0.2) is 42.5 Å². The fourth-order valence-corrected chi connectivity index (χ4v) is 6.14. The first-order valence-electron chi connectivity index (χ1n) is 14.7. The van der Waals surface area contributed by atoms with E-state index in [1.165, 1.54) is 0 Å². The number of aromatic amines is 1. The number of benzene rings is 2. The van der Waals surface area contributed by atoms with Crippen LogP contribution in [0.1, 0.15) is 31.1 Å². The third-order valence-electron chi connectivity index (χ3n) is 8.39. The van der Waals surface area contributed by atoms with Crippen LogP contribution in [0.2, 0.25) is 5.02 Å². The van der Waals surface area contributed by atoms with Crippen LogP contribution in [0.4, 0.5) is 5.69 Å². The average molecular weight is 591 g/mol. The van der Waals surface area contributed by atoms with Gasteiger partial charge in [-0.3, -0.25) is 14.6 Å². The fourth-order valence-electron chi connectivity index (χ4n) is 5.91. The molecule has 1 amide bonds. The lowest BCUT2D eigenvalue weighted by Gasteiger charge is -2.42. The molecule has 3 N–H and O–H groups in total. The van der Waals surface area contributed by atoms with Gasteiger partial charge in [-0.1, -0.05) is 11.6 Å². The number of ether oxygens (including phenoxy) is 2. The predicted molar refractivity (Wildman–Crippen MR) is 169 cm³/mol. The number of nitrogens with zero attached hydrogens (tertiary/aromatic N) is 4. The normalized spacial score (nSPS) is 17.3. The monoisotopic (exact) mass is 590 g/mol. The number of hydrogen-bond acceptors (Lipinski definition) is 7. The molecule has 6 rings (SSSR count). The highest BCUT2D eigenvalue weighted by Gasteiger charge is 2.25. The van der Waals surface area contributed by atoms with Crippen molar-refractivity contribution >= 4 is 45.1 Å². The quantitative estimate of drug-likeness (QED) is 0.320. The van der Waals surface area contributed by atoms with Crippen LogP contribution < -0.4 is 15.4 Å². The van der Waals surface area contributed by atoms with Gasteiger partial charge in [-0.15, -0.1) is 0 Å². The number of nitrogens with one attached hydrogen (secondary N) is 1. The van der Waals surface area contributed by atoms with Gasteiger partial charge in [0.2, 0.25) is 0 Å². The topological polar surface area (TPSA) is 100.0 Å². The summed E-state index contributed by atoms with van der Waals surface area (Å²) in [4.78, 5) is 28.1. The van der Waals surface area contributed by atoms with Crippen molar-refractivity contribution in [2.24, 2.45) is 5.73 Å². The molecule has 0 atom stereocenters. The lowest BCUT2D eigenvalue weighted by molar-refractivity contribution is 0.0564. The summed E-state index contributed by atoms with van der Waals surface area (Å²) < 4.78 is 11.6. The number of carbonyl (C=O) groups excluding carboxylic acids is 1. The van der Waals surface area contributed by atoms with Crippen molar-refractivity contribution in [3.05, 3.63) is 53.1 Å². The van der Waals surface area contributed by atoms with Gasteiger partial charge in [0.1, 0.15) is 12.4 Å². The van der Waals surface area contributed by atoms with E-state index in [1.807, 2.05) is 24.3 Å². The molecule has 9 nitrogen and oxygen atoms in total. The fraction of sp³-hybridized carbons (Fsp3) is 0.438. The van der Waals surface area contributed by atoms with E-state index in [1.54, 1.807) is 6.07 Å². The van der Waals surface area contributed by atoms with Gasteiger partial charge in [0.25, 0.3) is 5.91 Å². The molecular weight excluding hydrogens is 552 g/mol. The molecule has 0 aliphatic carbocycles. The van der Waals surface area contributed by atoms with Gasteiger partial charge in [-0.25, -0.2) is 4.98 Å². The number of pyridine rings is 1. The van der Waals surface area contributed by atoms with Gasteiger partial charge in [0, 0.05) is 68.0 Å². The molecule has 4 aromatic rings. The number of amides is 1. The van der Waals surface area contributed by atoms with Crippen molar-refractivity contribution in [1.29, 1.82) is 0 Å². The molecule has 2 fully saturated rings. The Morgan fingerprint density at radius 3 is 2.50 bits per heavy atom. The van der Waals surface area contributed by atoms with Crippen molar-refractivity contribution < 1.29 is 14.3 Å². The highest BCUT2D eigenvalue weighted by atomic mass is 35.5. The Morgan fingerprint density at radius 2 is 1.81 bits per heavy atom. The standard InChI is InChI=1S/C32H39ClN6O3/c1-32(2,3)39-10-8-37(9-11-39)12-17-42-28-7-4-21(18-25(28)33)26-20-24(31(34)40)30-29(35-26)23-6-5-22(19-27(23)36-30)38-13-15-41-16-14-38/h4-7,18-20,36H,8-17H2,1-3H3,(H2,34,40). The number of morpholine rings is 1. The summed E-state index contributed by atoms with van der Waals surface area (Å²) >= 11 is 6.67. The van der Waals surface area contributed by atoms with Crippen molar-refractivity contribution in [3.8, 4) is 17.0 Å². The van der Waals surface area contributed by atoms with Crippen molar-refractivity contribution in [3.63, 3.8) is 0 Å². The van der Waals surface area contributed by atoms with E-state index in [9.17, 15) is 4.79 Å². The molecular formula is C32H39ClN6O3. The molecule has 0 bridgehead atoms. The van der Waals surface area contributed by atoms with E-state index in [-0.39, 0.29) is 5.54 Å². The molecule has 0 saturated carbocycles. The lowest BCUT2D eigenvalue weighted by atomic mass is 10.1. The maximum absolute atomic E-state index is 12.5. The number of primary amides is 1. The first-order chi connectivity index (χ1) is 20.2. The van der Waals surface area contributed by atoms with Gasteiger partial charge in [-0.05, 0) is 63.2 Å². The molecule has 2 aromatic heterocycles. The van der Waals surface area contributed by atoms with Crippen LogP contribution >= 0.6 is 11.6 Å². The second kappa shape index (κ2) is 11.7. The second-order valence-electron chi connectivity index (χ2n) is 12.1. The Kier molecular flexibility index (Phi) is 8.02. The molecule has 0 radical (unpaired) electrons. The predicted octanol–water partition coefficient (Wildman–Crippen LogP) is 4.77. The number of hydrogen-bond donors (Lipinski definition) is 2. The van der Waals surface area contributed by atoms with E-state index in [4.69, 9.17) is 31.8 Å². The third kappa shape index (κ3) is 5.92. The second-order valence-corrected chi connectivity index (χ2v) is 12.5. The van der Waals surface area contributed by atoms with Crippen LogP contribution in [0.5, 0.6) is 5.75 Å². The summed E-state index contributed by atoms with van der Waals surface area (Å²) in [5, 5.41) is 1.43. The molecule has 2 aliphatic rings. The number of carbonyl (C=O) groups is 1. The maximum Gasteiger partial charge on any atom is 0.250 e. The number of anilines is 1. The maximum atomic E-state index is 12.5. The van der Waals surface area contributed by atoms with E-state index >= 15 is 0 Å². The van der Waals surface area contributed by atoms with Crippen molar-refractivity contribution in [2.75, 3.05) is 70.5 Å². The molecule has 42 heavy (non-hydrogen) atoms. The summed E-state index contributed by atoms with van der Waals surface area (Å²) in [5.41, 5.74) is 11.2. The van der Waals surface area contributed by atoms with Gasteiger partial charge in [-0.2, -0.15) is 0 Å². The summed E-state index contributed by atoms with van der Waals surface area (Å²) in [7, 11) is 0. The van der Waals surface area contributed by atoms with Gasteiger partial charge >= 0.3 is 0 Å². The van der Waals surface area contributed by atoms with E-state index in [0.29, 0.717) is 52.9 Å². The van der Waals surface area contributed by atoms with Crippen LogP contribution in [0.3, 0.4) is 0 Å².